The minimum absolute atomic E-state index is 0.00966. The van der Waals surface area contributed by atoms with Crippen LogP contribution in [0.2, 0.25) is 5.28 Å². The summed E-state index contributed by atoms with van der Waals surface area (Å²) < 4.78 is 10.3. The number of methoxy groups -OCH3 is 1. The van der Waals surface area contributed by atoms with Gasteiger partial charge in [0.1, 0.15) is 5.75 Å². The van der Waals surface area contributed by atoms with E-state index >= 15 is 0 Å². The highest BCUT2D eigenvalue weighted by Gasteiger charge is 2.07. The topological polar surface area (TPSA) is 83.2 Å². The molecule has 2 aromatic rings. The van der Waals surface area contributed by atoms with Crippen molar-refractivity contribution in [2.45, 2.75) is 6.54 Å². The molecule has 0 aliphatic heterocycles. The number of nitrogens with two attached hydrogens (primary N) is 1. The summed E-state index contributed by atoms with van der Waals surface area (Å²) in [6, 6.07) is 7.43. The van der Waals surface area contributed by atoms with Crippen LogP contribution in [-0.2, 0) is 6.54 Å². The third kappa shape index (κ3) is 3.06. The molecule has 0 unspecified atom stereocenters. The molecule has 0 aliphatic rings. The third-order valence-electron chi connectivity index (χ3n) is 2.12. The molecule has 0 aliphatic carbocycles. The van der Waals surface area contributed by atoms with Crippen molar-refractivity contribution in [2.75, 3.05) is 7.11 Å². The molecule has 1 aromatic heterocycles. The van der Waals surface area contributed by atoms with Gasteiger partial charge in [0.15, 0.2) is 0 Å². The van der Waals surface area contributed by atoms with E-state index in [1.54, 1.807) is 12.1 Å². The van der Waals surface area contributed by atoms with Crippen LogP contribution >= 0.6 is 11.6 Å². The second-order valence-corrected chi connectivity index (χ2v) is 3.66. The highest BCUT2D eigenvalue weighted by atomic mass is 35.5. The Morgan fingerprint density at radius 2 is 1.78 bits per heavy atom. The minimum atomic E-state index is 0.00966. The fourth-order valence-electron chi connectivity index (χ4n) is 1.25. The van der Waals surface area contributed by atoms with E-state index in [4.69, 9.17) is 26.8 Å². The molecule has 0 saturated heterocycles. The number of ether oxygens (including phenoxy) is 2. The molecule has 7 heteroatoms. The first-order valence-corrected chi connectivity index (χ1v) is 5.51. The molecular formula is C11H11ClN4O2. The van der Waals surface area contributed by atoms with E-state index in [2.05, 4.69) is 15.0 Å². The Morgan fingerprint density at radius 3 is 2.39 bits per heavy atom. The molecule has 0 spiro atoms. The summed E-state index contributed by atoms with van der Waals surface area (Å²) in [5.41, 5.74) is 6.51. The number of nitrogens with zero attached hydrogens (tertiary/aromatic N) is 3. The Hall–Kier alpha value is -1.92. The second-order valence-electron chi connectivity index (χ2n) is 3.32. The summed E-state index contributed by atoms with van der Waals surface area (Å²) in [6.45, 7) is 0.478. The normalized spacial score (nSPS) is 10.2. The van der Waals surface area contributed by atoms with Crippen LogP contribution in [0.15, 0.2) is 24.3 Å². The zero-order valence-corrected chi connectivity index (χ0v) is 10.4. The van der Waals surface area contributed by atoms with Gasteiger partial charge in [-0.05, 0) is 29.3 Å². The van der Waals surface area contributed by atoms with Gasteiger partial charge in [-0.1, -0.05) is 12.1 Å². The van der Waals surface area contributed by atoms with Crippen molar-refractivity contribution in [1.82, 2.24) is 15.0 Å². The first-order valence-electron chi connectivity index (χ1n) is 5.13. The van der Waals surface area contributed by atoms with Crippen LogP contribution in [0.1, 0.15) is 5.56 Å². The van der Waals surface area contributed by atoms with Gasteiger partial charge in [-0.3, -0.25) is 0 Å². The number of rotatable bonds is 4. The van der Waals surface area contributed by atoms with Gasteiger partial charge < -0.3 is 15.2 Å². The fourth-order valence-corrected chi connectivity index (χ4v) is 1.40. The molecule has 0 atom stereocenters. The summed E-state index contributed by atoms with van der Waals surface area (Å²) in [5, 5.41) is 0.00966. The molecule has 0 bridgehead atoms. The molecule has 1 aromatic carbocycles. The third-order valence-corrected chi connectivity index (χ3v) is 2.29. The molecule has 0 amide bonds. The molecule has 94 valence electrons. The summed E-state index contributed by atoms with van der Waals surface area (Å²) in [6.07, 6.45) is 0. The van der Waals surface area contributed by atoms with E-state index in [0.29, 0.717) is 12.3 Å². The Labute approximate surface area is 109 Å². The van der Waals surface area contributed by atoms with Gasteiger partial charge in [0.25, 0.3) is 0 Å². The summed E-state index contributed by atoms with van der Waals surface area (Å²) in [7, 11) is 1.44. The second kappa shape index (κ2) is 5.61. The molecule has 1 heterocycles. The van der Waals surface area contributed by atoms with Gasteiger partial charge in [0, 0.05) is 6.54 Å². The Bertz CT molecular complexity index is 533. The van der Waals surface area contributed by atoms with E-state index in [1.807, 2.05) is 12.1 Å². The number of benzene rings is 1. The fraction of sp³-hybridized carbons (Fsp3) is 0.182. The van der Waals surface area contributed by atoms with Crippen LogP contribution in [0.3, 0.4) is 0 Å². The number of aromatic nitrogens is 3. The van der Waals surface area contributed by atoms with Crippen LogP contribution in [0.25, 0.3) is 0 Å². The minimum Gasteiger partial charge on any atom is -0.467 e. The van der Waals surface area contributed by atoms with Crippen molar-refractivity contribution in [1.29, 1.82) is 0 Å². The maximum Gasteiger partial charge on any atom is 0.329 e. The van der Waals surface area contributed by atoms with Crippen molar-refractivity contribution in [2.24, 2.45) is 5.73 Å². The van der Waals surface area contributed by atoms with E-state index in [9.17, 15) is 0 Å². The molecular weight excluding hydrogens is 256 g/mol. The first kappa shape index (κ1) is 12.5. The van der Waals surface area contributed by atoms with Gasteiger partial charge in [-0.2, -0.15) is 9.97 Å². The van der Waals surface area contributed by atoms with E-state index in [0.717, 1.165) is 5.56 Å². The lowest BCUT2D eigenvalue weighted by molar-refractivity contribution is 0.359. The van der Waals surface area contributed by atoms with E-state index in [1.165, 1.54) is 7.11 Å². The number of halogens is 1. The van der Waals surface area contributed by atoms with Crippen LogP contribution in [0.5, 0.6) is 17.8 Å². The summed E-state index contributed by atoms with van der Waals surface area (Å²) in [4.78, 5) is 11.5. The van der Waals surface area contributed by atoms with Crippen molar-refractivity contribution < 1.29 is 9.47 Å². The van der Waals surface area contributed by atoms with Crippen molar-refractivity contribution >= 4 is 11.6 Å². The lowest BCUT2D eigenvalue weighted by Gasteiger charge is -2.05. The van der Waals surface area contributed by atoms with Gasteiger partial charge in [-0.25, -0.2) is 0 Å². The highest BCUT2D eigenvalue weighted by Crippen LogP contribution is 2.20. The average Bonchev–Trinajstić information content (AvgIpc) is 2.39. The largest absolute Gasteiger partial charge is 0.467 e. The van der Waals surface area contributed by atoms with Gasteiger partial charge >= 0.3 is 12.0 Å². The van der Waals surface area contributed by atoms with Gasteiger partial charge in [-0.15, -0.1) is 4.98 Å². The number of hydrogen-bond donors (Lipinski definition) is 1. The lowest BCUT2D eigenvalue weighted by atomic mass is 10.2. The van der Waals surface area contributed by atoms with Crippen molar-refractivity contribution in [3.63, 3.8) is 0 Å². The van der Waals surface area contributed by atoms with Crippen LogP contribution < -0.4 is 15.2 Å². The molecule has 2 N–H and O–H groups in total. The molecule has 6 nitrogen and oxygen atoms in total. The van der Waals surface area contributed by atoms with Gasteiger partial charge in [0.2, 0.25) is 5.28 Å². The lowest BCUT2D eigenvalue weighted by Crippen LogP contribution is -1.99. The Kier molecular flexibility index (Phi) is 3.91. The quantitative estimate of drug-likeness (QED) is 0.908. The molecule has 0 radical (unpaired) electrons. The Morgan fingerprint density at radius 1 is 1.11 bits per heavy atom. The highest BCUT2D eigenvalue weighted by molar-refractivity contribution is 6.28. The van der Waals surface area contributed by atoms with Crippen molar-refractivity contribution in [3.05, 3.63) is 35.1 Å². The average molecular weight is 267 g/mol. The summed E-state index contributed by atoms with van der Waals surface area (Å²) in [5.74, 6) is 0.580. The zero-order chi connectivity index (χ0) is 13.0. The molecule has 2 rings (SSSR count). The monoisotopic (exact) mass is 266 g/mol. The first-order chi connectivity index (χ1) is 8.71. The van der Waals surface area contributed by atoms with E-state index < -0.39 is 0 Å². The molecule has 0 saturated carbocycles. The maximum absolute atomic E-state index is 5.70. The van der Waals surface area contributed by atoms with E-state index in [-0.39, 0.29) is 17.3 Å². The molecule has 18 heavy (non-hydrogen) atoms. The van der Waals surface area contributed by atoms with Crippen molar-refractivity contribution in [3.8, 4) is 17.8 Å². The predicted molar refractivity (Wildman–Crippen MR) is 65.8 cm³/mol. The smallest absolute Gasteiger partial charge is 0.329 e. The SMILES string of the molecule is COc1nc(Cl)nc(Oc2ccc(CN)cc2)n1. The summed E-state index contributed by atoms with van der Waals surface area (Å²) >= 11 is 5.70. The van der Waals surface area contributed by atoms with Gasteiger partial charge in [0.05, 0.1) is 7.11 Å². The van der Waals surface area contributed by atoms with Crippen LogP contribution in [0, 0.1) is 0 Å². The predicted octanol–water partition coefficient (Wildman–Crippen LogP) is 1.78. The van der Waals surface area contributed by atoms with Crippen LogP contribution in [-0.4, -0.2) is 22.1 Å². The Balaban J connectivity index is 2.19. The molecule has 0 fully saturated rings. The number of hydrogen-bond acceptors (Lipinski definition) is 6. The standard InChI is InChI=1S/C11H11ClN4O2/c1-17-10-14-9(12)15-11(16-10)18-8-4-2-7(6-13)3-5-8/h2-5H,6,13H2,1H3. The van der Waals surface area contributed by atoms with Crippen LogP contribution in [0.4, 0.5) is 0 Å². The zero-order valence-electron chi connectivity index (χ0n) is 9.63. The maximum atomic E-state index is 5.70.